The van der Waals surface area contributed by atoms with E-state index in [2.05, 4.69) is 65.3 Å². The molecule has 5 heteroatoms. The first kappa shape index (κ1) is 17.2. The van der Waals surface area contributed by atoms with Crippen molar-refractivity contribution in [2.24, 2.45) is 0 Å². The normalized spacial score (nSPS) is 9.12. The molecule has 2 nitrogen and oxygen atoms in total. The van der Waals surface area contributed by atoms with E-state index in [1.54, 1.807) is 9.12 Å². The minimum absolute atomic E-state index is 1.03. The van der Waals surface area contributed by atoms with E-state index in [1.807, 2.05) is 33.9 Å². The van der Waals surface area contributed by atoms with Gasteiger partial charge in [-0.25, -0.2) is 4.98 Å². The largest absolute Gasteiger partial charge is 0.266 e. The second-order valence-electron chi connectivity index (χ2n) is 2.73. The lowest BCUT2D eigenvalue weighted by Crippen LogP contribution is -1.82. The Morgan fingerprint density at radius 3 is 2.41 bits per heavy atom. The Labute approximate surface area is 128 Å². The smallest absolute Gasteiger partial charge is 0.150 e. The van der Waals surface area contributed by atoms with Crippen molar-refractivity contribution in [3.63, 3.8) is 0 Å². The number of nitrogens with zero attached hydrogens (tertiary/aromatic N) is 2. The lowest BCUT2D eigenvalue weighted by atomic mass is 10.2. The van der Waals surface area contributed by atoms with Gasteiger partial charge in [0.2, 0.25) is 0 Å². The van der Waals surface area contributed by atoms with Gasteiger partial charge in [0.1, 0.15) is 0 Å². The molecule has 0 fully saturated rings. The third-order valence-corrected chi connectivity index (χ3v) is 3.99. The topological polar surface area (TPSA) is 17.8 Å². The average molecular weight is 429 g/mol. The van der Waals surface area contributed by atoms with Crippen molar-refractivity contribution in [1.82, 2.24) is 8.96 Å². The van der Waals surface area contributed by atoms with Crippen LogP contribution in [0.25, 0.3) is 11.0 Å². The van der Waals surface area contributed by atoms with Crippen LogP contribution in [0.5, 0.6) is 0 Å². The van der Waals surface area contributed by atoms with E-state index in [0.717, 1.165) is 10.1 Å². The fourth-order valence-corrected chi connectivity index (χ4v) is 2.90. The SMILES string of the molecule is CC.CC.Cc1cn(SI)c2ncc(Br)cc12. The fourth-order valence-electron chi connectivity index (χ4n) is 1.26. The molecule has 0 atom stereocenters. The molecule has 2 heterocycles. The molecule has 2 aromatic rings. The Hall–Kier alpha value is 0.250. The number of hydrogen-bond acceptors (Lipinski definition) is 2. The van der Waals surface area contributed by atoms with Gasteiger partial charge in [-0.3, -0.25) is 3.97 Å². The lowest BCUT2D eigenvalue weighted by Gasteiger charge is -1.96. The summed E-state index contributed by atoms with van der Waals surface area (Å²) in [6.45, 7) is 10.1. The molecule has 0 amide bonds. The number of aryl methyl sites for hydroxylation is 1. The maximum atomic E-state index is 4.36. The van der Waals surface area contributed by atoms with Crippen LogP contribution < -0.4 is 0 Å². The van der Waals surface area contributed by atoms with Crippen LogP contribution in [0.15, 0.2) is 22.9 Å². The van der Waals surface area contributed by atoms with Crippen LogP contribution >= 0.6 is 46.3 Å². The molecule has 0 N–H and O–H groups in total. The van der Waals surface area contributed by atoms with Crippen LogP contribution in [-0.4, -0.2) is 8.96 Å². The van der Waals surface area contributed by atoms with Gasteiger partial charge in [-0.05, 0) is 34.5 Å². The molecule has 2 rings (SSSR count). The molecule has 0 aromatic carbocycles. The van der Waals surface area contributed by atoms with Gasteiger partial charge in [-0.2, -0.15) is 0 Å². The first-order valence-electron chi connectivity index (χ1n) is 5.64. The summed E-state index contributed by atoms with van der Waals surface area (Å²) in [5, 5.41) is 1.21. The minimum Gasteiger partial charge on any atom is -0.266 e. The quantitative estimate of drug-likeness (QED) is 0.518. The van der Waals surface area contributed by atoms with Gasteiger partial charge in [-0.1, -0.05) is 27.7 Å². The summed E-state index contributed by atoms with van der Waals surface area (Å²) >= 11 is 5.67. The molecule has 0 bridgehead atoms. The van der Waals surface area contributed by atoms with E-state index < -0.39 is 0 Å². The van der Waals surface area contributed by atoms with E-state index in [9.17, 15) is 0 Å². The maximum absolute atomic E-state index is 4.36. The van der Waals surface area contributed by atoms with Gasteiger partial charge < -0.3 is 0 Å². The molecule has 0 spiro atoms. The first-order chi connectivity index (χ1) is 8.22. The summed E-state index contributed by atoms with van der Waals surface area (Å²) in [7, 11) is 1.63. The Balaban J connectivity index is 0.000000581. The Bertz CT molecular complexity index is 457. The van der Waals surface area contributed by atoms with Crippen LogP contribution in [0.4, 0.5) is 0 Å². The number of aromatic nitrogens is 2. The van der Waals surface area contributed by atoms with Crippen LogP contribution in [0.3, 0.4) is 0 Å². The van der Waals surface area contributed by atoms with Crippen LogP contribution in [0, 0.1) is 6.92 Å². The highest BCUT2D eigenvalue weighted by Crippen LogP contribution is 2.27. The molecule has 0 radical (unpaired) electrons. The van der Waals surface area contributed by atoms with E-state index in [0.29, 0.717) is 0 Å². The van der Waals surface area contributed by atoms with Crippen LogP contribution in [-0.2, 0) is 0 Å². The van der Waals surface area contributed by atoms with Gasteiger partial charge in [0.05, 0.1) is 0 Å². The highest BCUT2D eigenvalue weighted by molar-refractivity contribution is 14.2. The fraction of sp³-hybridized carbons (Fsp3) is 0.417. The second kappa shape index (κ2) is 9.22. The third kappa shape index (κ3) is 4.44. The average Bonchev–Trinajstić information content (AvgIpc) is 2.71. The van der Waals surface area contributed by atoms with Gasteiger partial charge in [-0.15, -0.1) is 0 Å². The van der Waals surface area contributed by atoms with Crippen molar-refractivity contribution in [1.29, 1.82) is 0 Å². The summed E-state index contributed by atoms with van der Waals surface area (Å²) in [6, 6.07) is 2.10. The zero-order valence-electron chi connectivity index (χ0n) is 10.8. The van der Waals surface area contributed by atoms with E-state index in [4.69, 9.17) is 0 Å². The highest BCUT2D eigenvalue weighted by atomic mass is 127. The Kier molecular flexibility index (Phi) is 9.35. The number of pyridine rings is 1. The Morgan fingerprint density at radius 2 is 1.88 bits per heavy atom. The molecular formula is C12H18BrIN2S. The molecule has 0 aliphatic heterocycles. The maximum Gasteiger partial charge on any atom is 0.150 e. The van der Waals surface area contributed by atoms with Crippen LogP contribution in [0.1, 0.15) is 33.3 Å². The monoisotopic (exact) mass is 428 g/mol. The molecule has 0 saturated heterocycles. The number of hydrogen-bond donors (Lipinski definition) is 0. The summed E-state index contributed by atoms with van der Waals surface area (Å²) < 4.78 is 3.09. The molecule has 96 valence electrons. The van der Waals surface area contributed by atoms with Crippen molar-refractivity contribution in [3.8, 4) is 0 Å². The molecule has 2 aromatic heterocycles. The Morgan fingerprint density at radius 1 is 1.29 bits per heavy atom. The number of halogens is 2. The van der Waals surface area contributed by atoms with Crippen molar-refractivity contribution in [2.45, 2.75) is 34.6 Å². The predicted molar refractivity (Wildman–Crippen MR) is 91.9 cm³/mol. The van der Waals surface area contributed by atoms with Gasteiger partial charge in [0, 0.05) is 52.6 Å². The van der Waals surface area contributed by atoms with Gasteiger partial charge in [0.25, 0.3) is 0 Å². The highest BCUT2D eigenvalue weighted by Gasteiger charge is 2.06. The molecular weight excluding hydrogens is 411 g/mol. The lowest BCUT2D eigenvalue weighted by molar-refractivity contribution is 1.26. The first-order valence-corrected chi connectivity index (χ1v) is 9.75. The van der Waals surface area contributed by atoms with E-state index in [1.165, 1.54) is 10.9 Å². The van der Waals surface area contributed by atoms with Crippen molar-refractivity contribution >= 4 is 57.3 Å². The minimum atomic E-state index is 1.03. The van der Waals surface area contributed by atoms with Crippen LogP contribution in [0.2, 0.25) is 0 Å². The summed E-state index contributed by atoms with van der Waals surface area (Å²) in [5.74, 6) is 0. The van der Waals surface area contributed by atoms with E-state index >= 15 is 0 Å². The van der Waals surface area contributed by atoms with Crippen molar-refractivity contribution in [3.05, 3.63) is 28.5 Å². The zero-order chi connectivity index (χ0) is 13.4. The third-order valence-electron chi connectivity index (χ3n) is 1.85. The standard InChI is InChI=1S/C8H6BrIN2S.2C2H6/c1-5-4-12(13-10)8-7(5)2-6(9)3-11-8;2*1-2/h2-4H,1H3;2*1-2H3. The molecule has 0 aliphatic rings. The summed E-state index contributed by atoms with van der Waals surface area (Å²) in [5.41, 5.74) is 2.29. The summed E-state index contributed by atoms with van der Waals surface area (Å²) in [6.07, 6.45) is 3.92. The zero-order valence-corrected chi connectivity index (χ0v) is 15.4. The molecule has 0 aliphatic carbocycles. The molecule has 17 heavy (non-hydrogen) atoms. The van der Waals surface area contributed by atoms with Crippen molar-refractivity contribution < 1.29 is 0 Å². The van der Waals surface area contributed by atoms with Gasteiger partial charge in [0.15, 0.2) is 5.65 Å². The summed E-state index contributed by atoms with van der Waals surface area (Å²) in [4.78, 5) is 4.36. The molecule has 0 unspecified atom stereocenters. The number of rotatable bonds is 1. The predicted octanol–water partition coefficient (Wildman–Crippen LogP) is 6.01. The second-order valence-corrected chi connectivity index (χ2v) is 5.36. The number of fused-ring (bicyclic) bond motifs is 1. The van der Waals surface area contributed by atoms with Crippen molar-refractivity contribution in [2.75, 3.05) is 0 Å². The van der Waals surface area contributed by atoms with Gasteiger partial charge >= 0.3 is 0 Å². The van der Waals surface area contributed by atoms with E-state index in [-0.39, 0.29) is 0 Å². The molecule has 0 saturated carbocycles.